The van der Waals surface area contributed by atoms with Crippen molar-refractivity contribution in [3.05, 3.63) is 34.3 Å². The zero-order chi connectivity index (χ0) is 14.4. The Labute approximate surface area is 127 Å². The number of carbonyl (C=O) groups is 1. The maximum atomic E-state index is 10.6. The van der Waals surface area contributed by atoms with E-state index in [0.29, 0.717) is 6.54 Å². The molecule has 0 atom stereocenters. The van der Waals surface area contributed by atoms with Crippen LogP contribution in [0.3, 0.4) is 0 Å². The quantitative estimate of drug-likeness (QED) is 0.780. The third kappa shape index (κ3) is 4.04. The average Bonchev–Trinajstić information content (AvgIpc) is 2.44. The highest BCUT2D eigenvalue weighted by Crippen LogP contribution is 2.35. The third-order valence-electron chi connectivity index (χ3n) is 3.87. The average molecular weight is 342 g/mol. The summed E-state index contributed by atoms with van der Waals surface area (Å²) < 4.78 is 6.56. The van der Waals surface area contributed by atoms with Crippen molar-refractivity contribution in [3.63, 3.8) is 0 Å². The highest BCUT2D eigenvalue weighted by Gasteiger charge is 2.34. The van der Waals surface area contributed by atoms with E-state index in [4.69, 9.17) is 9.84 Å². The minimum Gasteiger partial charge on any atom is -0.481 e. The first-order valence-corrected chi connectivity index (χ1v) is 7.68. The zero-order valence-corrected chi connectivity index (χ0v) is 13.0. The van der Waals surface area contributed by atoms with Crippen LogP contribution in [0.15, 0.2) is 28.7 Å². The topological polar surface area (TPSA) is 58.6 Å². The smallest absolute Gasteiger partial charge is 0.304 e. The molecule has 0 spiro atoms. The summed E-state index contributed by atoms with van der Waals surface area (Å²) in [6.45, 7) is 2.81. The molecule has 2 rings (SSSR count). The number of ether oxygens (including phenoxy) is 1. The van der Waals surface area contributed by atoms with Gasteiger partial charge < -0.3 is 15.2 Å². The minimum absolute atomic E-state index is 0.0422. The molecular formula is C15H20BrNO3. The molecular weight excluding hydrogens is 322 g/mol. The van der Waals surface area contributed by atoms with Crippen molar-refractivity contribution in [2.24, 2.45) is 0 Å². The number of hydrogen-bond acceptors (Lipinski definition) is 3. The normalized spacial score (nSPS) is 17.9. The van der Waals surface area contributed by atoms with E-state index in [2.05, 4.69) is 33.4 Å². The van der Waals surface area contributed by atoms with Crippen molar-refractivity contribution in [2.75, 3.05) is 26.3 Å². The van der Waals surface area contributed by atoms with Crippen molar-refractivity contribution in [1.29, 1.82) is 0 Å². The van der Waals surface area contributed by atoms with E-state index < -0.39 is 5.97 Å². The maximum absolute atomic E-state index is 10.6. The highest BCUT2D eigenvalue weighted by molar-refractivity contribution is 9.10. The number of hydrogen-bond donors (Lipinski definition) is 2. The van der Waals surface area contributed by atoms with Gasteiger partial charge in [0, 0.05) is 36.2 Å². The Morgan fingerprint density at radius 2 is 2.15 bits per heavy atom. The number of carboxylic acids is 1. The van der Waals surface area contributed by atoms with Crippen LogP contribution in [0.4, 0.5) is 0 Å². The van der Waals surface area contributed by atoms with Gasteiger partial charge in [-0.3, -0.25) is 4.79 Å². The summed E-state index contributed by atoms with van der Waals surface area (Å²) in [5.41, 5.74) is 1.33. The van der Waals surface area contributed by atoms with Crippen LogP contribution in [0.25, 0.3) is 0 Å². The molecule has 1 aliphatic heterocycles. The van der Waals surface area contributed by atoms with Crippen molar-refractivity contribution in [3.8, 4) is 0 Å². The summed E-state index contributed by atoms with van der Waals surface area (Å²) in [5.74, 6) is -0.763. The van der Waals surface area contributed by atoms with Gasteiger partial charge in [0.15, 0.2) is 0 Å². The minimum atomic E-state index is -0.763. The first-order valence-electron chi connectivity index (χ1n) is 6.89. The van der Waals surface area contributed by atoms with Crippen LogP contribution in [-0.2, 0) is 14.9 Å². The Morgan fingerprint density at radius 3 is 2.80 bits per heavy atom. The first-order chi connectivity index (χ1) is 9.62. The van der Waals surface area contributed by atoms with Crippen molar-refractivity contribution in [1.82, 2.24) is 5.32 Å². The fraction of sp³-hybridized carbons (Fsp3) is 0.533. The van der Waals surface area contributed by atoms with Gasteiger partial charge >= 0.3 is 5.97 Å². The number of aliphatic carboxylic acids is 1. The molecule has 110 valence electrons. The van der Waals surface area contributed by atoms with Crippen molar-refractivity contribution in [2.45, 2.75) is 24.7 Å². The lowest BCUT2D eigenvalue weighted by Gasteiger charge is -2.38. The fourth-order valence-corrected chi connectivity index (χ4v) is 3.07. The second-order valence-electron chi connectivity index (χ2n) is 5.22. The standard InChI is InChI=1S/C15H20BrNO3/c16-13-3-1-2-12(10-13)15(5-8-20-9-6-15)11-17-7-4-14(18)19/h1-3,10,17H,4-9,11H2,(H,18,19). The van der Waals surface area contributed by atoms with Gasteiger partial charge in [0.25, 0.3) is 0 Å². The Morgan fingerprint density at radius 1 is 1.40 bits per heavy atom. The van der Waals surface area contributed by atoms with Crippen LogP contribution in [0.2, 0.25) is 0 Å². The summed E-state index contributed by atoms with van der Waals surface area (Å²) in [5, 5.41) is 12.0. The second kappa shape index (κ2) is 7.20. The molecule has 1 fully saturated rings. The molecule has 4 nitrogen and oxygen atoms in total. The predicted octanol–water partition coefficient (Wildman–Crippen LogP) is 2.56. The van der Waals surface area contributed by atoms with E-state index in [9.17, 15) is 4.79 Å². The number of nitrogens with one attached hydrogen (secondary N) is 1. The summed E-state index contributed by atoms with van der Waals surface area (Å²) in [6, 6.07) is 8.38. The van der Waals surface area contributed by atoms with Crippen LogP contribution in [0.1, 0.15) is 24.8 Å². The Kier molecular flexibility index (Phi) is 5.57. The Bertz CT molecular complexity index is 458. The van der Waals surface area contributed by atoms with Crippen LogP contribution >= 0.6 is 15.9 Å². The van der Waals surface area contributed by atoms with E-state index >= 15 is 0 Å². The SMILES string of the molecule is O=C(O)CCNCC1(c2cccc(Br)c2)CCOCC1. The fourth-order valence-electron chi connectivity index (χ4n) is 2.67. The largest absolute Gasteiger partial charge is 0.481 e. The molecule has 0 bridgehead atoms. The summed E-state index contributed by atoms with van der Waals surface area (Å²) in [7, 11) is 0. The number of rotatable bonds is 6. The van der Waals surface area contributed by atoms with E-state index in [0.717, 1.165) is 37.1 Å². The molecule has 5 heteroatoms. The molecule has 2 N–H and O–H groups in total. The second-order valence-corrected chi connectivity index (χ2v) is 6.14. The molecule has 0 amide bonds. The van der Waals surface area contributed by atoms with E-state index in [1.807, 2.05) is 12.1 Å². The van der Waals surface area contributed by atoms with Gasteiger partial charge in [-0.1, -0.05) is 28.1 Å². The molecule has 1 aromatic carbocycles. The lowest BCUT2D eigenvalue weighted by molar-refractivity contribution is -0.136. The van der Waals surface area contributed by atoms with E-state index in [1.165, 1.54) is 5.56 Å². The molecule has 1 aromatic rings. The number of carboxylic acid groups (broad SMARTS) is 1. The summed E-state index contributed by atoms with van der Waals surface area (Å²) in [6.07, 6.45) is 2.08. The molecule has 20 heavy (non-hydrogen) atoms. The van der Waals surface area contributed by atoms with Crippen molar-refractivity contribution >= 4 is 21.9 Å². The highest BCUT2D eigenvalue weighted by atomic mass is 79.9. The lowest BCUT2D eigenvalue weighted by atomic mass is 9.74. The zero-order valence-electron chi connectivity index (χ0n) is 11.4. The first kappa shape index (κ1) is 15.5. The third-order valence-corrected chi connectivity index (χ3v) is 4.36. The molecule has 0 saturated carbocycles. The Hall–Kier alpha value is -0.910. The van der Waals surface area contributed by atoms with E-state index in [-0.39, 0.29) is 11.8 Å². The molecule has 1 saturated heterocycles. The van der Waals surface area contributed by atoms with Gasteiger partial charge in [0.05, 0.1) is 6.42 Å². The van der Waals surface area contributed by atoms with E-state index in [1.54, 1.807) is 0 Å². The van der Waals surface area contributed by atoms with Gasteiger partial charge in [-0.15, -0.1) is 0 Å². The maximum Gasteiger partial charge on any atom is 0.304 e. The van der Waals surface area contributed by atoms with Gasteiger partial charge in [-0.2, -0.15) is 0 Å². The summed E-state index contributed by atoms with van der Waals surface area (Å²) in [4.78, 5) is 10.6. The molecule has 1 heterocycles. The van der Waals surface area contributed by atoms with Crippen LogP contribution in [-0.4, -0.2) is 37.4 Å². The lowest BCUT2D eigenvalue weighted by Crippen LogP contribution is -2.43. The molecule has 0 aromatic heterocycles. The van der Waals surface area contributed by atoms with Gasteiger partial charge in [0.2, 0.25) is 0 Å². The van der Waals surface area contributed by atoms with Gasteiger partial charge in [-0.05, 0) is 30.5 Å². The number of benzene rings is 1. The number of halogens is 1. The van der Waals surface area contributed by atoms with Crippen LogP contribution in [0.5, 0.6) is 0 Å². The molecule has 0 unspecified atom stereocenters. The van der Waals surface area contributed by atoms with Crippen LogP contribution < -0.4 is 5.32 Å². The Balaban J connectivity index is 2.07. The molecule has 0 radical (unpaired) electrons. The molecule has 0 aliphatic carbocycles. The monoisotopic (exact) mass is 341 g/mol. The van der Waals surface area contributed by atoms with Gasteiger partial charge in [-0.25, -0.2) is 0 Å². The van der Waals surface area contributed by atoms with Crippen LogP contribution in [0, 0.1) is 0 Å². The van der Waals surface area contributed by atoms with Crippen molar-refractivity contribution < 1.29 is 14.6 Å². The summed E-state index contributed by atoms with van der Waals surface area (Å²) >= 11 is 3.52. The van der Waals surface area contributed by atoms with Gasteiger partial charge in [0.1, 0.15) is 0 Å². The predicted molar refractivity (Wildman–Crippen MR) is 81.0 cm³/mol. The molecule has 1 aliphatic rings.